The topological polar surface area (TPSA) is 358 Å². The van der Waals surface area contributed by atoms with Crippen LogP contribution in [0.4, 0.5) is 0 Å². The molecular weight excluding hydrogens is 1570 g/mol. The number of aromatic amines is 2. The number of pyridine rings is 2. The molecule has 30 heteroatoms. The predicted molar refractivity (Wildman–Crippen MR) is 474 cm³/mol. The maximum absolute atomic E-state index is 9.21. The molecule has 0 saturated heterocycles. The zero-order chi connectivity index (χ0) is 86.7. The van der Waals surface area contributed by atoms with Crippen LogP contribution in [-0.4, -0.2) is 192 Å². The second kappa shape index (κ2) is 47.6. The smallest absolute Gasteiger partial charge is 0.258 e. The summed E-state index contributed by atoms with van der Waals surface area (Å²) in [6.45, 7) is 38.1. The average Bonchev–Trinajstić information content (AvgIpc) is 1.63. The summed E-state index contributed by atoms with van der Waals surface area (Å²) in [6.07, 6.45) is 12.3. The number of aliphatic hydroxyl groups excluding tert-OH is 2. The Morgan fingerprint density at radius 2 is 0.821 bits per heavy atom. The number of ether oxygens (including phenoxy) is 8. The molecule has 8 aromatic heterocycles. The molecule has 0 saturated carbocycles. The van der Waals surface area contributed by atoms with Crippen molar-refractivity contribution in [1.29, 1.82) is 0 Å². The van der Waals surface area contributed by atoms with E-state index in [9.17, 15) is 5.11 Å². The van der Waals surface area contributed by atoms with Crippen molar-refractivity contribution in [1.82, 2.24) is 80.9 Å². The third-order valence-electron chi connectivity index (χ3n) is 19.7. The van der Waals surface area contributed by atoms with Gasteiger partial charge in [-0.2, -0.15) is 19.9 Å². The fourth-order valence-electron chi connectivity index (χ4n) is 13.5. The summed E-state index contributed by atoms with van der Waals surface area (Å²) in [5, 5.41) is 43.9. The highest BCUT2D eigenvalue weighted by molar-refractivity contribution is 5.96. The van der Waals surface area contributed by atoms with E-state index < -0.39 is 0 Å². The molecule has 0 aliphatic rings. The van der Waals surface area contributed by atoms with Gasteiger partial charge in [0.15, 0.2) is 46.0 Å². The summed E-state index contributed by atoms with van der Waals surface area (Å²) >= 11 is 0. The van der Waals surface area contributed by atoms with Crippen LogP contribution in [0.1, 0.15) is 118 Å². The van der Waals surface area contributed by atoms with Gasteiger partial charge in [0.25, 0.3) is 23.6 Å². The van der Waals surface area contributed by atoms with E-state index in [0.29, 0.717) is 170 Å². The van der Waals surface area contributed by atoms with Crippen LogP contribution in [0.15, 0.2) is 176 Å². The van der Waals surface area contributed by atoms with E-state index in [-0.39, 0.29) is 13.2 Å². The van der Waals surface area contributed by atoms with Gasteiger partial charge in [-0.1, -0.05) is 60.5 Å². The van der Waals surface area contributed by atoms with Crippen LogP contribution in [-0.2, 0) is 26.1 Å². The van der Waals surface area contributed by atoms with Gasteiger partial charge in [-0.3, -0.25) is 9.97 Å². The number of H-pyrrole nitrogens is 2. The molecule has 0 aliphatic heterocycles. The van der Waals surface area contributed by atoms with E-state index in [1.165, 1.54) is 12.0 Å². The third-order valence-corrected chi connectivity index (χ3v) is 19.7. The minimum absolute atomic E-state index is 0.0925. The Balaban J connectivity index is 0.000000161. The van der Waals surface area contributed by atoms with Crippen molar-refractivity contribution in [3.8, 4) is 137 Å². The first-order chi connectivity index (χ1) is 60.3. The number of nitrogens with zero attached hydrogens (tertiary/aromatic N) is 12. The first-order valence-electron chi connectivity index (χ1n) is 42.5. The molecule has 0 aliphatic carbocycles. The Hall–Kier alpha value is -12.6. The molecule has 6 aromatic carbocycles. The van der Waals surface area contributed by atoms with E-state index in [2.05, 4.69) is 133 Å². The number of aryl methyl sites for hydroxylation is 1. The number of benzene rings is 6. The number of aliphatic hydroxyl groups is 2. The number of nitrogens with one attached hydrogen (secondary N) is 4. The number of hydrogen-bond acceptors (Lipinski definition) is 28. The monoisotopic (exact) mass is 1680 g/mol. The van der Waals surface area contributed by atoms with Crippen molar-refractivity contribution in [2.75, 3.05) is 112 Å². The van der Waals surface area contributed by atoms with Crippen molar-refractivity contribution < 1.29 is 66.2 Å². The van der Waals surface area contributed by atoms with Crippen LogP contribution in [0.3, 0.4) is 0 Å². The number of unbranched alkanes of at least 4 members (excludes halogenated alkanes) is 1. The lowest BCUT2D eigenvalue weighted by atomic mass is 10.1. The summed E-state index contributed by atoms with van der Waals surface area (Å²) in [5.41, 5.74) is 12.6. The summed E-state index contributed by atoms with van der Waals surface area (Å²) in [7, 11) is 0. The Morgan fingerprint density at radius 3 is 1.31 bits per heavy atom. The van der Waals surface area contributed by atoms with E-state index in [1.807, 2.05) is 171 Å². The van der Waals surface area contributed by atoms with E-state index >= 15 is 0 Å². The number of fused-ring (bicyclic) bond motifs is 2. The molecule has 6 N–H and O–H groups in total. The van der Waals surface area contributed by atoms with Crippen LogP contribution in [0.25, 0.3) is 113 Å². The van der Waals surface area contributed by atoms with Crippen molar-refractivity contribution in [2.24, 2.45) is 0 Å². The molecule has 0 fully saturated rings. The normalized spacial score (nSPS) is 11.2. The minimum atomic E-state index is -0.0951. The lowest BCUT2D eigenvalue weighted by Gasteiger charge is -2.17. The number of likely N-dealkylation sites (N-methyl/N-ethyl adjacent to an activating group) is 1. The van der Waals surface area contributed by atoms with Gasteiger partial charge >= 0.3 is 0 Å². The van der Waals surface area contributed by atoms with Crippen molar-refractivity contribution in [2.45, 2.75) is 122 Å². The molecule has 0 bridgehead atoms. The van der Waals surface area contributed by atoms with Gasteiger partial charge in [-0.05, 0) is 239 Å². The summed E-state index contributed by atoms with van der Waals surface area (Å²) in [5.74, 6) is 9.06. The Bertz CT molecular complexity index is 5540. The standard InChI is InChI=1S/C27H35N5O3.C25H34N4O3.C23H26N4O4.C18H19N3O4/c1-5-32(6-2)14-13-28-17-21-18-29-23-11-9-19(15-22(21)23)26-30-27(35-31-26)20-10-12-24(33-7-3)25(16-20)34-8-4;1-5-29(6-2)16-10-9-11-21-17-19(14-15-26-21)24-27-25(32-28-24)20-12-13-22(30-7-3)23(18-20)31-8-4;1-3-29-19-9-8-15(12-20(19)30-4-2)23-26-22(27-31-23)17-6-5-7-18-21(17)16(14-25-18)13-24-10-11-28;1-3-23-15-6-5-13(8-16(15)24-4-2)18-20-17(21-25-18)14-7-12(11-22)9-19-10-14/h9-12,15-16,18,28-29H,5-8,13-14,17H2,1-4H3;12-15,17-18H,5-11,16H2,1-4H3;5-9,12,14,24-25,28H,3-4,10-11,13H2,1-2H3;5-10,22H,3-4,11H2,1-2H3. The van der Waals surface area contributed by atoms with E-state index in [0.717, 1.165) is 137 Å². The maximum atomic E-state index is 9.21. The lowest BCUT2D eigenvalue weighted by molar-refractivity contribution is 0.281. The summed E-state index contributed by atoms with van der Waals surface area (Å²) < 4.78 is 67.3. The SMILES string of the molecule is CCOc1ccc(-c2nc(-c3ccc4[nH]cc(CNCCN(CC)CC)c4c3)no2)cc1OCC.CCOc1ccc(-c2nc(-c3cccc4[nH]cc(CNCCO)c34)no2)cc1OCC.CCOc1ccc(-c2nc(-c3ccnc(CCCCN(CC)CC)c3)no2)cc1OCC.CCOc1ccc(-c2nc(-c3cncc(CO)c3)no2)cc1OCC. The van der Waals surface area contributed by atoms with Crippen LogP contribution in [0, 0.1) is 0 Å². The fraction of sp³-hybridized carbons (Fsp3) is 0.376. The maximum Gasteiger partial charge on any atom is 0.258 e. The molecule has 0 spiro atoms. The van der Waals surface area contributed by atoms with Gasteiger partial charge in [0.1, 0.15) is 0 Å². The molecule has 123 heavy (non-hydrogen) atoms. The minimum Gasteiger partial charge on any atom is -0.490 e. The average molecular weight is 1680 g/mol. The Kier molecular flexibility index (Phi) is 35.3. The van der Waals surface area contributed by atoms with Gasteiger partial charge in [0.05, 0.1) is 66.1 Å². The number of rotatable bonds is 43. The Labute approximate surface area is 717 Å². The molecule has 14 rings (SSSR count). The predicted octanol–water partition coefficient (Wildman–Crippen LogP) is 17.2. The van der Waals surface area contributed by atoms with Crippen LogP contribution in [0.2, 0.25) is 0 Å². The van der Waals surface area contributed by atoms with Gasteiger partial charge in [-0.15, -0.1) is 0 Å². The first kappa shape index (κ1) is 91.2. The highest BCUT2D eigenvalue weighted by Gasteiger charge is 2.22. The molecule has 8 heterocycles. The van der Waals surface area contributed by atoms with Crippen molar-refractivity contribution in [3.63, 3.8) is 0 Å². The first-order valence-corrected chi connectivity index (χ1v) is 42.5. The van der Waals surface area contributed by atoms with Crippen molar-refractivity contribution in [3.05, 3.63) is 181 Å². The number of aromatic nitrogens is 12. The lowest BCUT2D eigenvalue weighted by Crippen LogP contribution is -2.31. The quantitative estimate of drug-likeness (QED) is 0.0193. The highest BCUT2D eigenvalue weighted by Crippen LogP contribution is 2.39. The van der Waals surface area contributed by atoms with Crippen LogP contribution in [0.5, 0.6) is 46.0 Å². The van der Waals surface area contributed by atoms with Crippen molar-refractivity contribution >= 4 is 21.8 Å². The van der Waals surface area contributed by atoms with Crippen LogP contribution < -0.4 is 48.5 Å². The number of hydrogen-bond donors (Lipinski definition) is 6. The molecule has 0 amide bonds. The molecule has 14 aromatic rings. The van der Waals surface area contributed by atoms with Gasteiger partial charge in [0, 0.05) is 136 Å². The summed E-state index contributed by atoms with van der Waals surface area (Å²) in [6, 6.07) is 40.2. The zero-order valence-electron chi connectivity index (χ0n) is 72.4. The molecule has 30 nitrogen and oxygen atoms in total. The Morgan fingerprint density at radius 1 is 0.390 bits per heavy atom. The third kappa shape index (κ3) is 24.8. The molecule has 650 valence electrons. The van der Waals surface area contributed by atoms with Gasteiger partial charge < -0.3 is 96.6 Å². The molecule has 0 unspecified atom stereocenters. The van der Waals surface area contributed by atoms with E-state index in [4.69, 9.17) is 61.1 Å². The fourth-order valence-corrected chi connectivity index (χ4v) is 13.5. The zero-order valence-corrected chi connectivity index (χ0v) is 72.4. The van der Waals surface area contributed by atoms with Crippen LogP contribution >= 0.6 is 0 Å². The van der Waals surface area contributed by atoms with Gasteiger partial charge in [-0.25, -0.2) is 0 Å². The van der Waals surface area contributed by atoms with Gasteiger partial charge in [0.2, 0.25) is 23.3 Å². The molecule has 0 atom stereocenters. The second-order valence-corrected chi connectivity index (χ2v) is 27.8. The second-order valence-electron chi connectivity index (χ2n) is 27.8. The summed E-state index contributed by atoms with van der Waals surface area (Å²) in [4.78, 5) is 38.4. The largest absolute Gasteiger partial charge is 0.490 e. The highest BCUT2D eigenvalue weighted by atomic mass is 16.5. The molecule has 0 radical (unpaired) electrons. The van der Waals surface area contributed by atoms with E-state index in [1.54, 1.807) is 18.5 Å². The molecular formula is C93H114N16O14.